The van der Waals surface area contributed by atoms with Crippen LogP contribution in [0.25, 0.3) is 0 Å². The van der Waals surface area contributed by atoms with Crippen LogP contribution in [-0.4, -0.2) is 0 Å². The van der Waals surface area contributed by atoms with Gasteiger partial charge in [0.05, 0.1) is 0 Å². The lowest BCUT2D eigenvalue weighted by atomic mass is 9.96. The molecule has 1 aliphatic rings. The van der Waals surface area contributed by atoms with Crippen LogP contribution in [0.5, 0.6) is 0 Å². The Morgan fingerprint density at radius 1 is 1.43 bits per heavy atom. The molecular formula is C13H21N. The highest BCUT2D eigenvalue weighted by atomic mass is 14.6. The first-order chi connectivity index (χ1) is 6.72. The summed E-state index contributed by atoms with van der Waals surface area (Å²) in [5.74, 6) is 0.781. The molecule has 0 saturated heterocycles. The van der Waals surface area contributed by atoms with E-state index in [0.29, 0.717) is 0 Å². The van der Waals surface area contributed by atoms with E-state index in [1.807, 2.05) is 6.08 Å². The van der Waals surface area contributed by atoms with Gasteiger partial charge in [-0.2, -0.15) is 0 Å². The van der Waals surface area contributed by atoms with Crippen molar-refractivity contribution in [2.75, 3.05) is 0 Å². The highest BCUT2D eigenvalue weighted by Crippen LogP contribution is 2.19. The molecule has 2 N–H and O–H groups in total. The Hall–Kier alpha value is -0.980. The van der Waals surface area contributed by atoms with Gasteiger partial charge in [-0.05, 0) is 24.0 Å². The summed E-state index contributed by atoms with van der Waals surface area (Å²) in [4.78, 5) is 0. The molecule has 0 fully saturated rings. The zero-order chi connectivity index (χ0) is 10.4. The number of hydrogen-bond donors (Lipinski definition) is 1. The van der Waals surface area contributed by atoms with Gasteiger partial charge in [-0.15, -0.1) is 0 Å². The van der Waals surface area contributed by atoms with Crippen molar-refractivity contribution in [1.82, 2.24) is 0 Å². The molecule has 1 unspecified atom stereocenters. The van der Waals surface area contributed by atoms with Crippen molar-refractivity contribution in [3.05, 3.63) is 35.6 Å². The lowest BCUT2D eigenvalue weighted by molar-refractivity contribution is 0.524. The van der Waals surface area contributed by atoms with Gasteiger partial charge in [0.2, 0.25) is 0 Å². The number of rotatable bonds is 4. The minimum atomic E-state index is 0.781. The highest BCUT2D eigenvalue weighted by molar-refractivity contribution is 5.30. The largest absolute Gasteiger partial charge is 0.402 e. The Bertz CT molecular complexity index is 258. The van der Waals surface area contributed by atoms with Crippen molar-refractivity contribution in [3.63, 3.8) is 0 Å². The molecule has 0 aromatic carbocycles. The summed E-state index contributed by atoms with van der Waals surface area (Å²) >= 11 is 0. The third-order valence-electron chi connectivity index (χ3n) is 2.56. The van der Waals surface area contributed by atoms with Crippen molar-refractivity contribution < 1.29 is 0 Å². The molecule has 0 saturated carbocycles. The van der Waals surface area contributed by atoms with Gasteiger partial charge in [-0.25, -0.2) is 0 Å². The maximum absolute atomic E-state index is 5.75. The highest BCUT2D eigenvalue weighted by Gasteiger charge is 2.03. The quantitative estimate of drug-likeness (QED) is 0.722. The Kier molecular flexibility index (Phi) is 4.51. The molecule has 0 aliphatic heterocycles. The molecule has 1 heteroatoms. The zero-order valence-electron chi connectivity index (χ0n) is 9.29. The molecule has 0 aromatic heterocycles. The Labute approximate surface area is 87.4 Å². The van der Waals surface area contributed by atoms with Gasteiger partial charge in [0.25, 0.3) is 0 Å². The molecule has 0 aromatic rings. The van der Waals surface area contributed by atoms with Crippen LogP contribution in [0, 0.1) is 5.92 Å². The summed E-state index contributed by atoms with van der Waals surface area (Å²) < 4.78 is 0. The summed E-state index contributed by atoms with van der Waals surface area (Å²) in [7, 11) is 0. The van der Waals surface area contributed by atoms with E-state index in [2.05, 4.69) is 32.1 Å². The molecule has 78 valence electrons. The number of allylic oxidation sites excluding steroid dienone is 5. The van der Waals surface area contributed by atoms with E-state index in [1.165, 1.54) is 24.8 Å². The summed E-state index contributed by atoms with van der Waals surface area (Å²) in [5, 5.41) is 0. The fraction of sp³-hybridized carbons (Fsp3) is 0.538. The summed E-state index contributed by atoms with van der Waals surface area (Å²) in [5.41, 5.74) is 8.12. The first-order valence-corrected chi connectivity index (χ1v) is 5.54. The average Bonchev–Trinajstić information content (AvgIpc) is 2.32. The molecular weight excluding hydrogens is 170 g/mol. The molecule has 1 nitrogen and oxygen atoms in total. The SMILES string of the molecule is CCCC(C)CC1=CC=C(N)CC=C1. The van der Waals surface area contributed by atoms with Crippen molar-refractivity contribution in [2.45, 2.75) is 39.5 Å². The second kappa shape index (κ2) is 5.69. The normalized spacial score (nSPS) is 18.4. The van der Waals surface area contributed by atoms with Crippen LogP contribution in [0.3, 0.4) is 0 Å². The van der Waals surface area contributed by atoms with Gasteiger partial charge in [0.15, 0.2) is 0 Å². The number of hydrogen-bond acceptors (Lipinski definition) is 1. The predicted molar refractivity (Wildman–Crippen MR) is 62.8 cm³/mol. The van der Waals surface area contributed by atoms with E-state index in [9.17, 15) is 0 Å². The third-order valence-corrected chi connectivity index (χ3v) is 2.56. The fourth-order valence-electron chi connectivity index (χ4n) is 1.82. The zero-order valence-corrected chi connectivity index (χ0v) is 9.29. The van der Waals surface area contributed by atoms with Crippen LogP contribution in [0.1, 0.15) is 39.5 Å². The lowest BCUT2D eigenvalue weighted by Gasteiger charge is -2.09. The van der Waals surface area contributed by atoms with E-state index >= 15 is 0 Å². The molecule has 0 spiro atoms. The molecule has 0 radical (unpaired) electrons. The Morgan fingerprint density at radius 2 is 2.21 bits per heavy atom. The van der Waals surface area contributed by atoms with Gasteiger partial charge < -0.3 is 5.73 Å². The molecule has 14 heavy (non-hydrogen) atoms. The monoisotopic (exact) mass is 191 g/mol. The fourth-order valence-corrected chi connectivity index (χ4v) is 1.82. The van der Waals surface area contributed by atoms with E-state index in [4.69, 9.17) is 5.73 Å². The van der Waals surface area contributed by atoms with Crippen LogP contribution in [0.2, 0.25) is 0 Å². The second-order valence-electron chi connectivity index (χ2n) is 4.19. The van der Waals surface area contributed by atoms with Crippen LogP contribution in [0.4, 0.5) is 0 Å². The molecule has 1 aliphatic carbocycles. The van der Waals surface area contributed by atoms with Crippen LogP contribution < -0.4 is 5.73 Å². The van der Waals surface area contributed by atoms with Crippen LogP contribution in [0.15, 0.2) is 35.6 Å². The van der Waals surface area contributed by atoms with Crippen molar-refractivity contribution in [2.24, 2.45) is 11.7 Å². The minimum absolute atomic E-state index is 0.781. The van der Waals surface area contributed by atoms with Crippen molar-refractivity contribution in [3.8, 4) is 0 Å². The molecule has 0 heterocycles. The van der Waals surface area contributed by atoms with Gasteiger partial charge in [-0.3, -0.25) is 0 Å². The van der Waals surface area contributed by atoms with E-state index in [-0.39, 0.29) is 0 Å². The predicted octanol–water partition coefficient (Wildman–Crippen LogP) is 3.54. The maximum atomic E-state index is 5.75. The Balaban J connectivity index is 2.51. The van der Waals surface area contributed by atoms with Crippen LogP contribution >= 0.6 is 0 Å². The first kappa shape index (κ1) is 11.1. The van der Waals surface area contributed by atoms with Crippen molar-refractivity contribution >= 4 is 0 Å². The van der Waals surface area contributed by atoms with E-state index < -0.39 is 0 Å². The molecule has 0 bridgehead atoms. The van der Waals surface area contributed by atoms with Gasteiger partial charge in [-0.1, -0.05) is 44.9 Å². The maximum Gasteiger partial charge on any atom is 0.0119 e. The lowest BCUT2D eigenvalue weighted by Crippen LogP contribution is -1.94. The van der Waals surface area contributed by atoms with Gasteiger partial charge in [0.1, 0.15) is 0 Å². The van der Waals surface area contributed by atoms with E-state index in [0.717, 1.165) is 18.0 Å². The standard InChI is InChI=1S/C13H21N/c1-3-5-11(2)10-12-6-4-7-13(14)9-8-12/h4,6,8-9,11H,3,5,7,10,14H2,1-2H3. The Morgan fingerprint density at radius 3 is 2.93 bits per heavy atom. The molecule has 0 amide bonds. The second-order valence-corrected chi connectivity index (χ2v) is 4.19. The van der Waals surface area contributed by atoms with Crippen LogP contribution in [-0.2, 0) is 0 Å². The van der Waals surface area contributed by atoms with E-state index in [1.54, 1.807) is 0 Å². The smallest absolute Gasteiger partial charge is 0.0119 e. The van der Waals surface area contributed by atoms with Gasteiger partial charge in [0, 0.05) is 12.1 Å². The first-order valence-electron chi connectivity index (χ1n) is 5.54. The molecule has 1 atom stereocenters. The van der Waals surface area contributed by atoms with Crippen molar-refractivity contribution in [1.29, 1.82) is 0 Å². The topological polar surface area (TPSA) is 26.0 Å². The summed E-state index contributed by atoms with van der Waals surface area (Å²) in [6.07, 6.45) is 13.2. The summed E-state index contributed by atoms with van der Waals surface area (Å²) in [6.45, 7) is 4.56. The number of nitrogens with two attached hydrogens (primary N) is 1. The molecule has 1 rings (SSSR count). The third kappa shape index (κ3) is 3.82. The average molecular weight is 191 g/mol. The van der Waals surface area contributed by atoms with Gasteiger partial charge >= 0.3 is 0 Å². The summed E-state index contributed by atoms with van der Waals surface area (Å²) in [6, 6.07) is 0. The minimum Gasteiger partial charge on any atom is -0.402 e.